The van der Waals surface area contributed by atoms with Gasteiger partial charge in [-0.15, -0.1) is 0 Å². The fourth-order valence-corrected chi connectivity index (χ4v) is 5.32. The molecule has 0 spiro atoms. The molecule has 0 aliphatic carbocycles. The fourth-order valence-electron chi connectivity index (χ4n) is 5.32. The molecule has 4 aromatic rings. The Hall–Kier alpha value is -3.88. The van der Waals surface area contributed by atoms with E-state index in [1.165, 1.54) is 12.1 Å². The van der Waals surface area contributed by atoms with E-state index in [-0.39, 0.29) is 24.6 Å². The zero-order chi connectivity index (χ0) is 24.8. The van der Waals surface area contributed by atoms with Gasteiger partial charge in [0.1, 0.15) is 11.6 Å². The highest BCUT2D eigenvalue weighted by atomic mass is 19.1. The van der Waals surface area contributed by atoms with Crippen LogP contribution in [0, 0.1) is 19.7 Å². The minimum Gasteiger partial charge on any atom is -0.454 e. The van der Waals surface area contributed by atoms with E-state index >= 15 is 0 Å². The lowest BCUT2D eigenvalue weighted by molar-refractivity contribution is -0.132. The Bertz CT molecular complexity index is 1450. The summed E-state index contributed by atoms with van der Waals surface area (Å²) in [7, 11) is 0. The molecule has 0 N–H and O–H groups in total. The molecule has 6 rings (SSSR count). The van der Waals surface area contributed by atoms with Crippen molar-refractivity contribution < 1.29 is 18.7 Å². The molecule has 2 aliphatic heterocycles. The van der Waals surface area contributed by atoms with Crippen LogP contribution in [0.3, 0.4) is 0 Å². The quantitative estimate of drug-likeness (QED) is 0.408. The lowest BCUT2D eigenvalue weighted by Crippen LogP contribution is -2.39. The summed E-state index contributed by atoms with van der Waals surface area (Å²) in [6.45, 7) is 6.10. The van der Waals surface area contributed by atoms with Gasteiger partial charge in [0.2, 0.25) is 12.7 Å². The average molecular weight is 490 g/mol. The molecule has 1 fully saturated rings. The minimum atomic E-state index is -0.313. The van der Waals surface area contributed by atoms with Gasteiger partial charge in [0.25, 0.3) is 0 Å². The smallest absolute Gasteiger partial charge is 0.231 e. The predicted octanol–water partition coefficient (Wildman–Crippen LogP) is 4.64. The number of hydrogen-bond donors (Lipinski definition) is 0. The summed E-state index contributed by atoms with van der Waals surface area (Å²) in [6.07, 6.45) is 2.03. The van der Waals surface area contributed by atoms with Crippen LogP contribution in [0.2, 0.25) is 0 Å². The van der Waals surface area contributed by atoms with Crippen LogP contribution < -0.4 is 9.47 Å². The Morgan fingerprint density at radius 1 is 1.06 bits per heavy atom. The molecule has 0 atom stereocenters. The predicted molar refractivity (Wildman–Crippen MR) is 132 cm³/mol. The van der Waals surface area contributed by atoms with Crippen molar-refractivity contribution in [3.05, 3.63) is 59.7 Å². The second kappa shape index (κ2) is 8.96. The van der Waals surface area contributed by atoms with Gasteiger partial charge >= 0.3 is 0 Å². The lowest BCUT2D eigenvalue weighted by Gasteiger charge is -2.33. The van der Waals surface area contributed by atoms with E-state index in [4.69, 9.17) is 14.5 Å². The number of benzene rings is 2. The third kappa shape index (κ3) is 4.08. The number of carbonyl (C=O) groups excluding carboxylic acids is 1. The Labute approximate surface area is 208 Å². The zero-order valence-corrected chi connectivity index (χ0v) is 20.4. The first-order valence-corrected chi connectivity index (χ1v) is 12.3. The van der Waals surface area contributed by atoms with Crippen molar-refractivity contribution in [2.45, 2.75) is 45.7 Å². The molecular weight excluding hydrogens is 461 g/mol. The minimum absolute atomic E-state index is 0.140. The largest absolute Gasteiger partial charge is 0.454 e. The second-order valence-electron chi connectivity index (χ2n) is 9.52. The fraction of sp³-hybridized carbons (Fsp3) is 0.370. The molecule has 0 unspecified atom stereocenters. The molecule has 9 heteroatoms. The monoisotopic (exact) mass is 489 g/mol. The highest BCUT2D eigenvalue weighted by molar-refractivity contribution is 5.81. The first kappa shape index (κ1) is 22.6. The topological polar surface area (TPSA) is 74.4 Å². The lowest BCUT2D eigenvalue weighted by atomic mass is 10.0. The number of carbonyl (C=O) groups is 1. The van der Waals surface area contributed by atoms with E-state index in [1.807, 2.05) is 47.7 Å². The van der Waals surface area contributed by atoms with E-state index in [0.29, 0.717) is 43.1 Å². The Balaban J connectivity index is 1.22. The number of piperidine rings is 1. The van der Waals surface area contributed by atoms with E-state index in [1.54, 1.807) is 6.07 Å². The van der Waals surface area contributed by atoms with E-state index in [2.05, 4.69) is 9.67 Å². The molecule has 1 amide bonds. The molecule has 0 bridgehead atoms. The van der Waals surface area contributed by atoms with Gasteiger partial charge in [0.15, 0.2) is 11.5 Å². The van der Waals surface area contributed by atoms with Crippen LogP contribution in [-0.2, 0) is 11.3 Å². The maximum atomic E-state index is 14.0. The molecule has 8 nitrogen and oxygen atoms in total. The number of nitrogens with zero attached hydrogens (tertiary/aromatic N) is 5. The molecule has 186 valence electrons. The molecule has 4 heterocycles. The molecule has 36 heavy (non-hydrogen) atoms. The average Bonchev–Trinajstić information content (AvgIpc) is 3.58. The summed E-state index contributed by atoms with van der Waals surface area (Å²) in [5.74, 6) is 1.99. The third-order valence-electron chi connectivity index (χ3n) is 7.11. The Kier molecular flexibility index (Phi) is 5.62. The number of rotatable bonds is 5. The van der Waals surface area contributed by atoms with Crippen LogP contribution in [0.1, 0.15) is 36.7 Å². The third-order valence-corrected chi connectivity index (χ3v) is 7.11. The van der Waals surface area contributed by atoms with Gasteiger partial charge in [-0.3, -0.25) is 9.48 Å². The maximum Gasteiger partial charge on any atom is 0.231 e. The number of fused-ring (bicyclic) bond motifs is 2. The zero-order valence-electron chi connectivity index (χ0n) is 20.4. The summed E-state index contributed by atoms with van der Waals surface area (Å²) in [5.41, 5.74) is 4.42. The molecule has 2 aromatic heterocycles. The van der Waals surface area contributed by atoms with Crippen molar-refractivity contribution in [3.8, 4) is 22.9 Å². The summed E-state index contributed by atoms with van der Waals surface area (Å²) in [6, 6.07) is 12.7. The van der Waals surface area contributed by atoms with Gasteiger partial charge in [0, 0.05) is 49.4 Å². The Morgan fingerprint density at radius 3 is 2.64 bits per heavy atom. The van der Waals surface area contributed by atoms with Gasteiger partial charge in [-0.05, 0) is 63.1 Å². The van der Waals surface area contributed by atoms with E-state index < -0.39 is 0 Å². The number of hydrogen-bond acceptors (Lipinski definition) is 5. The van der Waals surface area contributed by atoms with Crippen molar-refractivity contribution >= 4 is 16.9 Å². The van der Waals surface area contributed by atoms with E-state index in [9.17, 15) is 9.18 Å². The van der Waals surface area contributed by atoms with E-state index in [0.717, 1.165) is 41.1 Å². The van der Waals surface area contributed by atoms with Gasteiger partial charge in [0.05, 0.1) is 16.7 Å². The molecule has 1 saturated heterocycles. The maximum absolute atomic E-state index is 14.0. The summed E-state index contributed by atoms with van der Waals surface area (Å²) in [5, 5.41) is 4.46. The SMILES string of the molecule is Cc1cc(C)n(CCC(=O)N2CCC(n3c(-c4ccc5c(c4)OCO5)nc4cc(F)ccc43)CC2)n1. The number of likely N-dealkylation sites (tertiary alicyclic amines) is 1. The highest BCUT2D eigenvalue weighted by Crippen LogP contribution is 2.39. The van der Waals surface area contributed by atoms with Crippen LogP contribution in [0.15, 0.2) is 42.5 Å². The van der Waals surface area contributed by atoms with Gasteiger partial charge in [-0.1, -0.05) is 0 Å². The molecule has 2 aromatic carbocycles. The Morgan fingerprint density at radius 2 is 1.86 bits per heavy atom. The van der Waals surface area contributed by atoms with Gasteiger partial charge in [-0.2, -0.15) is 5.10 Å². The first-order chi connectivity index (χ1) is 17.5. The molecule has 2 aliphatic rings. The van der Waals surface area contributed by atoms with Gasteiger partial charge < -0.3 is 18.9 Å². The molecular formula is C27H28FN5O3. The summed E-state index contributed by atoms with van der Waals surface area (Å²) < 4.78 is 29.2. The van der Waals surface area contributed by atoms with Crippen molar-refractivity contribution in [2.75, 3.05) is 19.9 Å². The second-order valence-corrected chi connectivity index (χ2v) is 9.52. The number of aryl methyl sites for hydroxylation is 3. The van der Waals surface area contributed by atoms with Crippen molar-refractivity contribution in [1.29, 1.82) is 0 Å². The van der Waals surface area contributed by atoms with Crippen LogP contribution >= 0.6 is 0 Å². The number of halogens is 1. The van der Waals surface area contributed by atoms with Gasteiger partial charge in [-0.25, -0.2) is 9.37 Å². The number of amides is 1. The van der Waals surface area contributed by atoms with Crippen molar-refractivity contribution in [3.63, 3.8) is 0 Å². The molecule has 0 saturated carbocycles. The number of ether oxygens (including phenoxy) is 2. The first-order valence-electron chi connectivity index (χ1n) is 12.3. The summed E-state index contributed by atoms with van der Waals surface area (Å²) in [4.78, 5) is 19.7. The van der Waals surface area contributed by atoms with Crippen LogP contribution in [-0.4, -0.2) is 50.0 Å². The van der Waals surface area contributed by atoms with Crippen molar-refractivity contribution in [2.24, 2.45) is 0 Å². The van der Waals surface area contributed by atoms with Crippen LogP contribution in [0.4, 0.5) is 4.39 Å². The standard InChI is InChI=1S/C27H28FN5O3/c1-17-13-18(2)32(30-17)12-9-26(34)31-10-7-21(8-11-31)33-23-5-4-20(28)15-22(23)29-27(33)19-3-6-24-25(14-19)36-16-35-24/h3-6,13-15,21H,7-12,16H2,1-2H3. The highest BCUT2D eigenvalue weighted by Gasteiger charge is 2.28. The van der Waals surface area contributed by atoms with Crippen LogP contribution in [0.25, 0.3) is 22.4 Å². The molecule has 0 radical (unpaired) electrons. The summed E-state index contributed by atoms with van der Waals surface area (Å²) >= 11 is 0. The van der Waals surface area contributed by atoms with Crippen molar-refractivity contribution in [1.82, 2.24) is 24.2 Å². The normalized spacial score (nSPS) is 15.7. The number of imidazole rings is 1. The van der Waals surface area contributed by atoms with Crippen LogP contribution in [0.5, 0.6) is 11.5 Å². The number of aromatic nitrogens is 4.